The van der Waals surface area contributed by atoms with Crippen LogP contribution in [0.3, 0.4) is 0 Å². The van der Waals surface area contributed by atoms with E-state index in [0.717, 1.165) is 23.1 Å². The number of ether oxygens (including phenoxy) is 2. The van der Waals surface area contributed by atoms with Crippen LogP contribution in [-0.4, -0.2) is 54.3 Å². The van der Waals surface area contributed by atoms with Crippen molar-refractivity contribution in [2.75, 3.05) is 26.7 Å². The molecular formula is C19H29BrN2O3. The van der Waals surface area contributed by atoms with Crippen LogP contribution in [0.25, 0.3) is 0 Å². The standard InChI is InChI=1S/C19H29BrN2O3/c1-14-11-22(18(23)25-19(2,3)4)9-8-21(14)12-15-6-7-17(20)16(10-15)13-24-5/h6-7,10,14H,8-9,11-13H2,1-5H3. The Kier molecular flexibility index (Phi) is 6.88. The molecule has 0 aromatic heterocycles. The van der Waals surface area contributed by atoms with Gasteiger partial charge in [0.05, 0.1) is 6.61 Å². The van der Waals surface area contributed by atoms with E-state index in [2.05, 4.69) is 46.0 Å². The number of carbonyl (C=O) groups is 1. The van der Waals surface area contributed by atoms with Gasteiger partial charge in [-0.2, -0.15) is 0 Å². The first-order chi connectivity index (χ1) is 11.7. The molecule has 0 N–H and O–H groups in total. The van der Waals surface area contributed by atoms with Crippen molar-refractivity contribution in [2.45, 2.75) is 52.5 Å². The number of halogens is 1. The maximum atomic E-state index is 12.2. The van der Waals surface area contributed by atoms with E-state index in [1.54, 1.807) is 7.11 Å². The van der Waals surface area contributed by atoms with Gasteiger partial charge in [0.25, 0.3) is 0 Å². The summed E-state index contributed by atoms with van der Waals surface area (Å²) in [6.45, 7) is 11.5. The highest BCUT2D eigenvalue weighted by molar-refractivity contribution is 9.10. The molecule has 2 rings (SSSR count). The Bertz CT molecular complexity index is 601. The summed E-state index contributed by atoms with van der Waals surface area (Å²) in [5.41, 5.74) is 1.96. The fraction of sp³-hybridized carbons (Fsp3) is 0.632. The van der Waals surface area contributed by atoms with Gasteiger partial charge in [0, 0.05) is 43.8 Å². The van der Waals surface area contributed by atoms with Crippen molar-refractivity contribution >= 4 is 22.0 Å². The fourth-order valence-corrected chi connectivity index (χ4v) is 3.31. The molecule has 1 aliphatic heterocycles. The molecule has 1 heterocycles. The van der Waals surface area contributed by atoms with E-state index in [-0.39, 0.29) is 12.1 Å². The molecule has 0 bridgehead atoms. The van der Waals surface area contributed by atoms with Gasteiger partial charge in [-0.05, 0) is 44.9 Å². The lowest BCUT2D eigenvalue weighted by molar-refractivity contribution is 0.00460. The van der Waals surface area contributed by atoms with Crippen LogP contribution >= 0.6 is 15.9 Å². The summed E-state index contributed by atoms with van der Waals surface area (Å²) in [6, 6.07) is 6.68. The first-order valence-corrected chi connectivity index (χ1v) is 9.47. The lowest BCUT2D eigenvalue weighted by Gasteiger charge is -2.40. The van der Waals surface area contributed by atoms with Crippen LogP contribution in [0.5, 0.6) is 0 Å². The summed E-state index contributed by atoms with van der Waals surface area (Å²) in [6.07, 6.45) is -0.218. The average Bonchev–Trinajstić information content (AvgIpc) is 2.51. The van der Waals surface area contributed by atoms with Crippen molar-refractivity contribution in [3.63, 3.8) is 0 Å². The maximum Gasteiger partial charge on any atom is 0.410 e. The van der Waals surface area contributed by atoms with Crippen molar-refractivity contribution in [3.05, 3.63) is 33.8 Å². The number of benzene rings is 1. The number of methoxy groups -OCH3 is 1. The normalized spacial score (nSPS) is 19.1. The Labute approximate surface area is 159 Å². The lowest BCUT2D eigenvalue weighted by atomic mass is 10.1. The van der Waals surface area contributed by atoms with Gasteiger partial charge >= 0.3 is 6.09 Å². The third-order valence-corrected chi connectivity index (χ3v) is 4.99. The van der Waals surface area contributed by atoms with Crippen LogP contribution in [-0.2, 0) is 22.6 Å². The highest BCUT2D eigenvalue weighted by atomic mass is 79.9. The van der Waals surface area contributed by atoms with Gasteiger partial charge in [-0.25, -0.2) is 4.79 Å². The summed E-state index contributed by atoms with van der Waals surface area (Å²) in [7, 11) is 1.71. The number of carbonyl (C=O) groups excluding carboxylic acids is 1. The molecule has 1 unspecified atom stereocenters. The molecule has 0 saturated carbocycles. The van der Waals surface area contributed by atoms with Crippen LogP contribution in [0.4, 0.5) is 4.79 Å². The van der Waals surface area contributed by atoms with E-state index < -0.39 is 5.60 Å². The number of rotatable bonds is 4. The molecule has 1 saturated heterocycles. The SMILES string of the molecule is COCc1cc(CN2CCN(C(=O)OC(C)(C)C)CC2C)ccc1Br. The number of nitrogens with zero attached hydrogens (tertiary/aromatic N) is 2. The molecule has 25 heavy (non-hydrogen) atoms. The average molecular weight is 413 g/mol. The van der Waals surface area contributed by atoms with Crippen LogP contribution in [0.1, 0.15) is 38.8 Å². The second kappa shape index (κ2) is 8.52. The minimum atomic E-state index is -0.452. The Morgan fingerprint density at radius 2 is 2.04 bits per heavy atom. The second-order valence-corrected chi connectivity index (χ2v) is 8.46. The molecule has 5 nitrogen and oxygen atoms in total. The monoisotopic (exact) mass is 412 g/mol. The summed E-state index contributed by atoms with van der Waals surface area (Å²) in [5.74, 6) is 0. The van der Waals surface area contributed by atoms with Gasteiger partial charge in [-0.3, -0.25) is 4.90 Å². The second-order valence-electron chi connectivity index (χ2n) is 7.60. The zero-order valence-corrected chi connectivity index (χ0v) is 17.4. The fourth-order valence-electron chi connectivity index (χ4n) is 2.95. The number of piperazine rings is 1. The van der Waals surface area contributed by atoms with E-state index in [9.17, 15) is 4.79 Å². The largest absolute Gasteiger partial charge is 0.444 e. The molecule has 140 valence electrons. The van der Waals surface area contributed by atoms with Gasteiger partial charge in [-0.15, -0.1) is 0 Å². The molecule has 0 aliphatic carbocycles. The number of amides is 1. The highest BCUT2D eigenvalue weighted by Gasteiger charge is 2.29. The third kappa shape index (κ3) is 5.97. The quantitative estimate of drug-likeness (QED) is 0.748. The molecule has 1 amide bonds. The molecule has 1 aliphatic rings. The molecule has 0 spiro atoms. The van der Waals surface area contributed by atoms with Gasteiger partial charge in [0.1, 0.15) is 5.60 Å². The number of hydrogen-bond donors (Lipinski definition) is 0. The highest BCUT2D eigenvalue weighted by Crippen LogP contribution is 2.22. The van der Waals surface area contributed by atoms with E-state index in [1.165, 1.54) is 5.56 Å². The van der Waals surface area contributed by atoms with Crippen LogP contribution < -0.4 is 0 Å². The van der Waals surface area contributed by atoms with Gasteiger partial charge in [0.15, 0.2) is 0 Å². The summed E-state index contributed by atoms with van der Waals surface area (Å²) in [4.78, 5) is 16.5. The maximum absolute atomic E-state index is 12.2. The Hall–Kier alpha value is -1.11. The third-order valence-electron chi connectivity index (χ3n) is 4.21. The lowest BCUT2D eigenvalue weighted by Crippen LogP contribution is -2.54. The molecule has 1 atom stereocenters. The van der Waals surface area contributed by atoms with Crippen molar-refractivity contribution < 1.29 is 14.3 Å². The molecule has 1 fully saturated rings. The molecular weight excluding hydrogens is 384 g/mol. The van der Waals surface area contributed by atoms with Crippen LogP contribution in [0.15, 0.2) is 22.7 Å². The summed E-state index contributed by atoms with van der Waals surface area (Å²) in [5, 5.41) is 0. The molecule has 1 aromatic carbocycles. The zero-order valence-electron chi connectivity index (χ0n) is 15.8. The molecule has 6 heteroatoms. The van der Waals surface area contributed by atoms with Crippen molar-refractivity contribution in [3.8, 4) is 0 Å². The predicted octanol–water partition coefficient (Wildman–Crippen LogP) is 4.04. The van der Waals surface area contributed by atoms with E-state index in [4.69, 9.17) is 9.47 Å². The van der Waals surface area contributed by atoms with Crippen LogP contribution in [0, 0.1) is 0 Å². The van der Waals surface area contributed by atoms with E-state index in [0.29, 0.717) is 19.7 Å². The first kappa shape index (κ1) is 20.2. The number of hydrogen-bond acceptors (Lipinski definition) is 4. The first-order valence-electron chi connectivity index (χ1n) is 8.68. The molecule has 0 radical (unpaired) electrons. The minimum Gasteiger partial charge on any atom is -0.444 e. The van der Waals surface area contributed by atoms with Crippen LogP contribution in [0.2, 0.25) is 0 Å². The van der Waals surface area contributed by atoms with Gasteiger partial charge < -0.3 is 14.4 Å². The topological polar surface area (TPSA) is 42.0 Å². The Morgan fingerprint density at radius 3 is 2.64 bits per heavy atom. The Balaban J connectivity index is 1.95. The Morgan fingerprint density at radius 1 is 1.32 bits per heavy atom. The zero-order chi connectivity index (χ0) is 18.6. The smallest absolute Gasteiger partial charge is 0.410 e. The van der Waals surface area contributed by atoms with Crippen molar-refractivity contribution in [2.24, 2.45) is 0 Å². The van der Waals surface area contributed by atoms with E-state index >= 15 is 0 Å². The predicted molar refractivity (Wildman–Crippen MR) is 103 cm³/mol. The summed E-state index contributed by atoms with van der Waals surface area (Å²) < 4.78 is 11.8. The van der Waals surface area contributed by atoms with Crippen molar-refractivity contribution in [1.82, 2.24) is 9.80 Å². The summed E-state index contributed by atoms with van der Waals surface area (Å²) >= 11 is 3.56. The van der Waals surface area contributed by atoms with Gasteiger partial charge in [0.2, 0.25) is 0 Å². The van der Waals surface area contributed by atoms with Crippen molar-refractivity contribution in [1.29, 1.82) is 0 Å². The van der Waals surface area contributed by atoms with Gasteiger partial charge in [-0.1, -0.05) is 28.1 Å². The molecule has 1 aromatic rings. The van der Waals surface area contributed by atoms with E-state index in [1.807, 2.05) is 25.7 Å². The minimum absolute atomic E-state index is 0.218.